The highest BCUT2D eigenvalue weighted by atomic mass is 28.3. The summed E-state index contributed by atoms with van der Waals surface area (Å²) < 4.78 is 0. The summed E-state index contributed by atoms with van der Waals surface area (Å²) in [5, 5.41) is 0. The number of hydrogen-bond donors (Lipinski definition) is 1. The normalized spacial score (nSPS) is 34.5. The van der Waals surface area contributed by atoms with Gasteiger partial charge in [-0.1, -0.05) is 51.9 Å². The molecule has 14 heavy (non-hydrogen) atoms. The number of nitrogens with two attached hydrogens (primary N) is 1. The third kappa shape index (κ3) is 2.83. The van der Waals surface area contributed by atoms with Gasteiger partial charge in [-0.15, -0.1) is 0 Å². The fourth-order valence-electron chi connectivity index (χ4n) is 3.17. The molecule has 0 radical (unpaired) electrons. The monoisotopic (exact) mass is 213 g/mol. The summed E-state index contributed by atoms with van der Waals surface area (Å²) in [5.41, 5.74) is 6.56. The van der Waals surface area contributed by atoms with Crippen molar-refractivity contribution in [3.8, 4) is 0 Å². The molecule has 0 aromatic carbocycles. The Morgan fingerprint density at radius 2 is 1.93 bits per heavy atom. The predicted molar refractivity (Wildman–Crippen MR) is 67.3 cm³/mol. The highest BCUT2D eigenvalue weighted by molar-refractivity contribution is 6.76. The zero-order chi connectivity index (χ0) is 10.8. The second-order valence-electron chi connectivity index (χ2n) is 6.45. The molecule has 2 atom stereocenters. The zero-order valence-electron chi connectivity index (χ0n) is 10.4. The van der Waals surface area contributed by atoms with Crippen LogP contribution in [0.1, 0.15) is 32.6 Å². The molecule has 0 bridgehead atoms. The van der Waals surface area contributed by atoms with Gasteiger partial charge in [0.2, 0.25) is 0 Å². The van der Waals surface area contributed by atoms with Crippen molar-refractivity contribution >= 4 is 8.07 Å². The minimum absolute atomic E-state index is 0.503. The first-order valence-corrected chi connectivity index (χ1v) is 9.80. The maximum Gasteiger partial charge on any atom is 0.0448 e. The van der Waals surface area contributed by atoms with E-state index in [1.807, 2.05) is 0 Å². The smallest absolute Gasteiger partial charge is 0.0448 e. The summed E-state index contributed by atoms with van der Waals surface area (Å²) in [7, 11) is -0.960. The van der Waals surface area contributed by atoms with Crippen molar-refractivity contribution in [3.05, 3.63) is 0 Å². The standard InChI is InChI=1S/C12H27NSi/c1-11-7-5-6-8-12(11,9-13)10-14(2,3)4/h11H,5-10,13H2,1-4H3. The SMILES string of the molecule is CC1CCCCC1(CN)C[Si](C)(C)C. The van der Waals surface area contributed by atoms with E-state index in [4.69, 9.17) is 5.73 Å². The lowest BCUT2D eigenvalue weighted by Gasteiger charge is -2.45. The van der Waals surface area contributed by atoms with Crippen LogP contribution in [0.5, 0.6) is 0 Å². The molecule has 1 saturated carbocycles. The lowest BCUT2D eigenvalue weighted by Crippen LogP contribution is -2.44. The van der Waals surface area contributed by atoms with E-state index in [9.17, 15) is 0 Å². The predicted octanol–water partition coefficient (Wildman–Crippen LogP) is 3.48. The van der Waals surface area contributed by atoms with Crippen molar-refractivity contribution in [2.45, 2.75) is 58.3 Å². The third-order valence-electron chi connectivity index (χ3n) is 3.90. The largest absolute Gasteiger partial charge is 0.330 e. The van der Waals surface area contributed by atoms with E-state index >= 15 is 0 Å². The molecule has 1 aliphatic carbocycles. The van der Waals surface area contributed by atoms with Crippen molar-refractivity contribution in [2.24, 2.45) is 17.1 Å². The van der Waals surface area contributed by atoms with Gasteiger partial charge in [0.1, 0.15) is 0 Å². The van der Waals surface area contributed by atoms with Gasteiger partial charge >= 0.3 is 0 Å². The van der Waals surface area contributed by atoms with Gasteiger partial charge in [-0.25, -0.2) is 0 Å². The second kappa shape index (κ2) is 4.36. The van der Waals surface area contributed by atoms with Crippen LogP contribution in [-0.4, -0.2) is 14.6 Å². The fourth-order valence-corrected chi connectivity index (χ4v) is 5.96. The van der Waals surface area contributed by atoms with E-state index in [0.717, 1.165) is 12.5 Å². The van der Waals surface area contributed by atoms with Crippen LogP contribution in [0.15, 0.2) is 0 Å². The van der Waals surface area contributed by atoms with E-state index < -0.39 is 8.07 Å². The van der Waals surface area contributed by atoms with E-state index in [1.165, 1.54) is 31.7 Å². The Balaban J connectivity index is 2.73. The molecule has 1 nitrogen and oxygen atoms in total. The average Bonchev–Trinajstić information content (AvgIpc) is 2.07. The highest BCUT2D eigenvalue weighted by Crippen LogP contribution is 2.45. The van der Waals surface area contributed by atoms with Gasteiger partial charge in [0.25, 0.3) is 0 Å². The molecule has 0 heterocycles. The van der Waals surface area contributed by atoms with Gasteiger partial charge in [0, 0.05) is 8.07 Å². The third-order valence-corrected chi connectivity index (χ3v) is 5.66. The van der Waals surface area contributed by atoms with Gasteiger partial charge < -0.3 is 5.73 Å². The number of hydrogen-bond acceptors (Lipinski definition) is 1. The first-order valence-electron chi connectivity index (χ1n) is 6.10. The Kier molecular flexibility index (Phi) is 3.81. The summed E-state index contributed by atoms with van der Waals surface area (Å²) in [4.78, 5) is 0. The first kappa shape index (κ1) is 12.2. The Bertz CT molecular complexity index is 185. The van der Waals surface area contributed by atoms with E-state index in [0.29, 0.717) is 5.41 Å². The average molecular weight is 213 g/mol. The molecular weight excluding hydrogens is 186 g/mol. The van der Waals surface area contributed by atoms with E-state index in [1.54, 1.807) is 0 Å². The molecule has 0 saturated heterocycles. The number of rotatable bonds is 3. The van der Waals surface area contributed by atoms with Crippen LogP contribution in [0, 0.1) is 11.3 Å². The minimum atomic E-state index is -0.960. The molecular formula is C12H27NSi. The molecule has 84 valence electrons. The van der Waals surface area contributed by atoms with Crippen LogP contribution < -0.4 is 5.73 Å². The minimum Gasteiger partial charge on any atom is -0.330 e. The summed E-state index contributed by atoms with van der Waals surface area (Å²) >= 11 is 0. The van der Waals surface area contributed by atoms with Gasteiger partial charge in [-0.05, 0) is 24.3 Å². The fraction of sp³-hybridized carbons (Fsp3) is 1.00. The van der Waals surface area contributed by atoms with Crippen LogP contribution in [0.3, 0.4) is 0 Å². The van der Waals surface area contributed by atoms with Gasteiger partial charge in [0.05, 0.1) is 0 Å². The van der Waals surface area contributed by atoms with Crippen molar-refractivity contribution in [2.75, 3.05) is 6.54 Å². The first-order chi connectivity index (χ1) is 6.40. The second-order valence-corrected chi connectivity index (χ2v) is 11.9. The Labute approximate surface area is 90.5 Å². The maximum atomic E-state index is 6.06. The van der Waals surface area contributed by atoms with Crippen LogP contribution in [-0.2, 0) is 0 Å². The van der Waals surface area contributed by atoms with Crippen LogP contribution in [0.2, 0.25) is 25.7 Å². The molecule has 0 aliphatic heterocycles. The zero-order valence-corrected chi connectivity index (χ0v) is 11.4. The van der Waals surface area contributed by atoms with Crippen LogP contribution >= 0.6 is 0 Å². The van der Waals surface area contributed by atoms with Gasteiger partial charge in [-0.2, -0.15) is 0 Å². The summed E-state index contributed by atoms with van der Waals surface area (Å²) in [6, 6.07) is 1.43. The topological polar surface area (TPSA) is 26.0 Å². The molecule has 2 N–H and O–H groups in total. The van der Waals surface area contributed by atoms with Crippen molar-refractivity contribution in [3.63, 3.8) is 0 Å². The summed E-state index contributed by atoms with van der Waals surface area (Å²) in [6.45, 7) is 10.8. The van der Waals surface area contributed by atoms with Crippen LogP contribution in [0.25, 0.3) is 0 Å². The summed E-state index contributed by atoms with van der Waals surface area (Å²) in [5.74, 6) is 0.855. The van der Waals surface area contributed by atoms with Crippen LogP contribution in [0.4, 0.5) is 0 Å². The van der Waals surface area contributed by atoms with Crippen molar-refractivity contribution in [1.29, 1.82) is 0 Å². The quantitative estimate of drug-likeness (QED) is 0.714. The molecule has 1 rings (SSSR count). The van der Waals surface area contributed by atoms with E-state index in [-0.39, 0.29) is 0 Å². The van der Waals surface area contributed by atoms with E-state index in [2.05, 4.69) is 26.6 Å². The van der Waals surface area contributed by atoms with Crippen molar-refractivity contribution < 1.29 is 0 Å². The van der Waals surface area contributed by atoms with Gasteiger partial charge in [0.15, 0.2) is 0 Å². The molecule has 1 aliphatic rings. The lowest BCUT2D eigenvalue weighted by atomic mass is 9.68. The molecule has 0 aromatic rings. The lowest BCUT2D eigenvalue weighted by molar-refractivity contribution is 0.138. The molecule has 0 spiro atoms. The molecule has 2 heteroatoms. The Hall–Kier alpha value is 0.177. The molecule has 2 unspecified atom stereocenters. The van der Waals surface area contributed by atoms with Crippen molar-refractivity contribution in [1.82, 2.24) is 0 Å². The molecule has 1 fully saturated rings. The molecule has 0 aromatic heterocycles. The highest BCUT2D eigenvalue weighted by Gasteiger charge is 2.40. The Morgan fingerprint density at radius 3 is 2.36 bits per heavy atom. The maximum absolute atomic E-state index is 6.06. The molecule has 0 amide bonds. The Morgan fingerprint density at radius 1 is 1.29 bits per heavy atom. The van der Waals surface area contributed by atoms with Gasteiger partial charge in [-0.3, -0.25) is 0 Å². The summed E-state index contributed by atoms with van der Waals surface area (Å²) in [6.07, 6.45) is 5.62.